The largest absolute Gasteiger partial charge is 0.504 e. The van der Waals surface area contributed by atoms with E-state index in [0.717, 1.165) is 17.1 Å². The summed E-state index contributed by atoms with van der Waals surface area (Å²) in [5, 5.41) is 17.7. The molecular formula is C21H29N3O6S2. The van der Waals surface area contributed by atoms with Crippen molar-refractivity contribution in [1.82, 2.24) is 4.31 Å². The monoisotopic (exact) mass is 483 g/mol. The van der Waals surface area contributed by atoms with Crippen LogP contribution >= 0.6 is 11.3 Å². The van der Waals surface area contributed by atoms with Crippen LogP contribution in [-0.2, 0) is 10.0 Å². The Balaban J connectivity index is 0.00000363. The first kappa shape index (κ1) is 25.6. The molecule has 1 aromatic carbocycles. The number of furan rings is 1. The Morgan fingerprint density at radius 3 is 2.28 bits per heavy atom. The van der Waals surface area contributed by atoms with Crippen molar-refractivity contribution in [3.05, 3.63) is 49.5 Å². The van der Waals surface area contributed by atoms with Gasteiger partial charge in [0.25, 0.3) is 20.9 Å². The first-order chi connectivity index (χ1) is 14.6. The van der Waals surface area contributed by atoms with Gasteiger partial charge in [0.2, 0.25) is 0 Å². The zero-order valence-corrected chi connectivity index (χ0v) is 19.3. The fraction of sp³-hybridized carbons (Fsp3) is 0.429. The average Bonchev–Trinajstić information content (AvgIpc) is 3.33. The highest BCUT2D eigenvalue weighted by Gasteiger charge is 2.30. The quantitative estimate of drug-likeness (QED) is 0.370. The number of nitrogens with zero attached hydrogens (tertiary/aromatic N) is 1. The summed E-state index contributed by atoms with van der Waals surface area (Å²) < 4.78 is 32.1. The Kier molecular flexibility index (Phi) is 7.92. The van der Waals surface area contributed by atoms with Crippen molar-refractivity contribution in [2.24, 2.45) is 0 Å². The molecule has 2 heterocycles. The van der Waals surface area contributed by atoms with Crippen molar-refractivity contribution >= 4 is 38.4 Å². The lowest BCUT2D eigenvalue weighted by Gasteiger charge is -2.20. The average molecular weight is 484 g/mol. The third kappa shape index (κ3) is 4.45. The maximum atomic E-state index is 12.7. The van der Waals surface area contributed by atoms with Crippen molar-refractivity contribution < 1.29 is 17.9 Å². The summed E-state index contributed by atoms with van der Waals surface area (Å²) in [5.41, 5.74) is -1.33. The third-order valence-corrected chi connectivity index (χ3v) is 8.55. The van der Waals surface area contributed by atoms with Gasteiger partial charge in [-0.05, 0) is 25.5 Å². The van der Waals surface area contributed by atoms with Crippen molar-refractivity contribution in [2.75, 3.05) is 23.7 Å². The van der Waals surface area contributed by atoms with E-state index in [-0.39, 0.29) is 47.8 Å². The standard InChI is InChI=1S/C20H25N3O6S2.CH4/c1-5-12(14-9-8-11(4)29-14)21-15-16(19(26)18(15)25)22-13-10-30-20(17(13)24)31(27,28)23(6-2)7-3;/h8-10,12,21-22,24H,5-7H2,1-4H3;1H4/t12-;/m1./s1. The molecule has 3 N–H and O–H groups in total. The van der Waals surface area contributed by atoms with Crippen LogP contribution in [0.3, 0.4) is 0 Å². The molecule has 32 heavy (non-hydrogen) atoms. The second-order valence-electron chi connectivity index (χ2n) is 6.96. The molecule has 2 aromatic heterocycles. The molecule has 0 aliphatic carbocycles. The highest BCUT2D eigenvalue weighted by molar-refractivity contribution is 7.91. The van der Waals surface area contributed by atoms with Crippen molar-refractivity contribution in [3.63, 3.8) is 0 Å². The van der Waals surface area contributed by atoms with E-state index in [2.05, 4.69) is 10.6 Å². The highest BCUT2D eigenvalue weighted by atomic mass is 32.2. The number of hydrogen-bond acceptors (Lipinski definition) is 9. The lowest BCUT2D eigenvalue weighted by atomic mass is 10.1. The van der Waals surface area contributed by atoms with Crippen LogP contribution in [0.1, 0.15) is 52.2 Å². The van der Waals surface area contributed by atoms with Gasteiger partial charge in [0.15, 0.2) is 9.96 Å². The Bertz CT molecular complexity index is 1250. The fourth-order valence-electron chi connectivity index (χ4n) is 3.26. The van der Waals surface area contributed by atoms with Crippen LogP contribution in [-0.4, -0.2) is 30.9 Å². The molecule has 1 atom stereocenters. The Labute approximate surface area is 191 Å². The van der Waals surface area contributed by atoms with Crippen molar-refractivity contribution in [3.8, 4) is 5.75 Å². The van der Waals surface area contributed by atoms with E-state index >= 15 is 0 Å². The summed E-state index contributed by atoms with van der Waals surface area (Å²) >= 11 is 0.844. The molecule has 0 bridgehead atoms. The summed E-state index contributed by atoms with van der Waals surface area (Å²) in [7, 11) is -3.86. The van der Waals surface area contributed by atoms with E-state index in [1.165, 1.54) is 9.69 Å². The SMILES string of the molecule is C.CC[C@@H](Nc1c(Nc2csc(S(=O)(=O)N(CC)CC)c2O)c(=O)c1=O)c1ccc(C)o1. The second kappa shape index (κ2) is 9.88. The normalized spacial score (nSPS) is 12.7. The Morgan fingerprint density at radius 1 is 1.12 bits per heavy atom. The smallest absolute Gasteiger partial charge is 0.256 e. The lowest BCUT2D eigenvalue weighted by Crippen LogP contribution is -2.37. The molecule has 3 rings (SSSR count). The number of hydrogen-bond donors (Lipinski definition) is 3. The molecule has 0 fully saturated rings. The molecule has 0 spiro atoms. The molecule has 0 unspecified atom stereocenters. The van der Waals surface area contributed by atoms with E-state index in [1.807, 2.05) is 19.9 Å². The van der Waals surface area contributed by atoms with Gasteiger partial charge in [0.1, 0.15) is 22.9 Å². The van der Waals surface area contributed by atoms with Gasteiger partial charge in [-0.25, -0.2) is 8.42 Å². The van der Waals surface area contributed by atoms with E-state index < -0.39 is 26.6 Å². The molecule has 11 heteroatoms. The number of nitrogens with one attached hydrogen (secondary N) is 2. The topological polar surface area (TPSA) is 129 Å². The predicted octanol–water partition coefficient (Wildman–Crippen LogP) is 3.92. The van der Waals surface area contributed by atoms with Crippen LogP contribution < -0.4 is 21.5 Å². The number of aromatic hydroxyl groups is 1. The first-order valence-corrected chi connectivity index (χ1v) is 12.2. The molecule has 0 saturated heterocycles. The summed E-state index contributed by atoms with van der Waals surface area (Å²) in [4.78, 5) is 24.3. The fourth-order valence-corrected chi connectivity index (χ4v) is 6.09. The zero-order valence-electron chi connectivity index (χ0n) is 17.7. The molecule has 176 valence electrons. The van der Waals surface area contributed by atoms with Crippen LogP contribution in [0.4, 0.5) is 17.1 Å². The molecule has 0 aliphatic rings. The summed E-state index contributed by atoms with van der Waals surface area (Å²) in [6.45, 7) is 7.65. The van der Waals surface area contributed by atoms with Crippen molar-refractivity contribution in [2.45, 2.75) is 51.8 Å². The van der Waals surface area contributed by atoms with Crippen LogP contribution in [0.2, 0.25) is 0 Å². The molecule has 0 saturated carbocycles. The third-order valence-electron chi connectivity index (χ3n) is 5.01. The number of anilines is 3. The molecule has 3 aromatic rings. The molecule has 0 aliphatic heterocycles. The number of rotatable bonds is 10. The van der Waals surface area contributed by atoms with Gasteiger partial charge < -0.3 is 20.2 Å². The van der Waals surface area contributed by atoms with Crippen molar-refractivity contribution in [1.29, 1.82) is 0 Å². The van der Waals surface area contributed by atoms with Gasteiger partial charge in [-0.3, -0.25) is 9.59 Å². The van der Waals surface area contributed by atoms with Crippen LogP contribution in [0, 0.1) is 6.92 Å². The lowest BCUT2D eigenvalue weighted by molar-refractivity contribution is 0.434. The van der Waals surface area contributed by atoms with E-state index in [0.29, 0.717) is 12.2 Å². The zero-order chi connectivity index (χ0) is 22.9. The van der Waals surface area contributed by atoms with Gasteiger partial charge in [-0.15, -0.1) is 11.3 Å². The summed E-state index contributed by atoms with van der Waals surface area (Å²) in [5.74, 6) is 0.873. The maximum absolute atomic E-state index is 12.7. The highest BCUT2D eigenvalue weighted by Crippen LogP contribution is 2.41. The molecule has 9 nitrogen and oxygen atoms in total. The second-order valence-corrected chi connectivity index (χ2v) is 9.97. The van der Waals surface area contributed by atoms with Gasteiger partial charge in [0, 0.05) is 18.5 Å². The predicted molar refractivity (Wildman–Crippen MR) is 128 cm³/mol. The summed E-state index contributed by atoms with van der Waals surface area (Å²) in [6.07, 6.45) is 0.598. The Hall–Kier alpha value is -2.63. The molecular weight excluding hydrogens is 454 g/mol. The maximum Gasteiger partial charge on any atom is 0.256 e. The molecule has 0 radical (unpaired) electrons. The van der Waals surface area contributed by atoms with Crippen LogP contribution in [0.25, 0.3) is 0 Å². The van der Waals surface area contributed by atoms with Crippen LogP contribution in [0.15, 0.2) is 35.7 Å². The number of sulfonamides is 1. The van der Waals surface area contributed by atoms with E-state index in [9.17, 15) is 23.1 Å². The minimum atomic E-state index is -3.86. The number of aryl methyl sites for hydroxylation is 1. The van der Waals surface area contributed by atoms with Gasteiger partial charge in [0.05, 0.1) is 11.7 Å². The van der Waals surface area contributed by atoms with Gasteiger partial charge in [-0.1, -0.05) is 28.2 Å². The van der Waals surface area contributed by atoms with E-state index in [4.69, 9.17) is 4.42 Å². The first-order valence-electron chi connectivity index (χ1n) is 9.89. The minimum Gasteiger partial charge on any atom is -0.504 e. The summed E-state index contributed by atoms with van der Waals surface area (Å²) in [6, 6.07) is 3.28. The number of thiophene rings is 1. The molecule has 0 amide bonds. The van der Waals surface area contributed by atoms with Gasteiger partial charge in [-0.2, -0.15) is 4.31 Å². The minimum absolute atomic E-state index is 0. The Morgan fingerprint density at radius 2 is 1.75 bits per heavy atom. The van der Waals surface area contributed by atoms with Gasteiger partial charge >= 0.3 is 0 Å². The van der Waals surface area contributed by atoms with E-state index in [1.54, 1.807) is 19.9 Å². The van der Waals surface area contributed by atoms with Crippen LogP contribution in [0.5, 0.6) is 5.75 Å².